The van der Waals surface area contributed by atoms with Crippen molar-refractivity contribution < 1.29 is 13.9 Å². The van der Waals surface area contributed by atoms with E-state index in [1.807, 2.05) is 24.0 Å². The Morgan fingerprint density at radius 1 is 1.17 bits per heavy atom. The second kappa shape index (κ2) is 7.70. The number of hydrogen-bond acceptors (Lipinski definition) is 4. The van der Waals surface area contributed by atoms with Crippen LogP contribution in [-0.2, 0) is 11.2 Å². The van der Waals surface area contributed by atoms with Gasteiger partial charge in [-0.1, -0.05) is 6.92 Å². The van der Waals surface area contributed by atoms with Crippen LogP contribution in [0.5, 0.6) is 0 Å². The van der Waals surface area contributed by atoms with Gasteiger partial charge >= 0.3 is 0 Å². The van der Waals surface area contributed by atoms with Gasteiger partial charge in [-0.05, 0) is 44.7 Å². The third kappa shape index (κ3) is 4.19. The first kappa shape index (κ1) is 17.5. The maximum atomic E-state index is 12.5. The van der Waals surface area contributed by atoms with Crippen molar-refractivity contribution in [3.05, 3.63) is 23.7 Å². The molecule has 0 aromatic carbocycles. The van der Waals surface area contributed by atoms with Crippen LogP contribution < -0.4 is 0 Å². The van der Waals surface area contributed by atoms with E-state index in [9.17, 15) is 4.79 Å². The molecule has 0 radical (unpaired) electrons. The van der Waals surface area contributed by atoms with Crippen molar-refractivity contribution >= 4 is 5.91 Å². The van der Waals surface area contributed by atoms with Crippen LogP contribution >= 0.6 is 0 Å². The molecule has 5 nitrogen and oxygen atoms in total. The average Bonchev–Trinajstić information content (AvgIpc) is 3.03. The predicted octanol–water partition coefficient (Wildman–Crippen LogP) is 2.80. The molecule has 24 heavy (non-hydrogen) atoms. The highest BCUT2D eigenvalue weighted by Crippen LogP contribution is 2.22. The molecule has 0 spiro atoms. The number of nitrogens with zero attached hydrogens (tertiary/aromatic N) is 2. The SMILES string of the molecule is CCc1ccc(C(=O)N2CCC(CN3CC(C)OC(C)C3)CC2)o1. The molecule has 2 unspecified atom stereocenters. The summed E-state index contributed by atoms with van der Waals surface area (Å²) < 4.78 is 11.4. The van der Waals surface area contributed by atoms with Gasteiger partial charge in [-0.2, -0.15) is 0 Å². The number of ether oxygens (including phenoxy) is 1. The summed E-state index contributed by atoms with van der Waals surface area (Å²) in [6.45, 7) is 11.2. The third-order valence-electron chi connectivity index (χ3n) is 5.13. The Balaban J connectivity index is 1.47. The molecule has 3 heterocycles. The van der Waals surface area contributed by atoms with Crippen molar-refractivity contribution in [3.63, 3.8) is 0 Å². The molecule has 5 heteroatoms. The van der Waals surface area contributed by atoms with Crippen molar-refractivity contribution in [1.29, 1.82) is 0 Å². The molecule has 1 aromatic heterocycles. The van der Waals surface area contributed by atoms with E-state index in [0.29, 0.717) is 23.9 Å². The van der Waals surface area contributed by atoms with Crippen molar-refractivity contribution in [2.75, 3.05) is 32.7 Å². The fraction of sp³-hybridized carbons (Fsp3) is 0.737. The van der Waals surface area contributed by atoms with Crippen LogP contribution in [0.2, 0.25) is 0 Å². The zero-order chi connectivity index (χ0) is 17.1. The molecule has 1 aromatic rings. The molecule has 134 valence electrons. The highest BCUT2D eigenvalue weighted by Gasteiger charge is 2.29. The van der Waals surface area contributed by atoms with Crippen LogP contribution in [-0.4, -0.2) is 60.6 Å². The molecule has 2 aliphatic rings. The maximum Gasteiger partial charge on any atom is 0.289 e. The lowest BCUT2D eigenvalue weighted by Gasteiger charge is -2.39. The summed E-state index contributed by atoms with van der Waals surface area (Å²) in [5.74, 6) is 2.08. The second-order valence-electron chi connectivity index (χ2n) is 7.33. The zero-order valence-corrected chi connectivity index (χ0v) is 15.2. The Labute approximate surface area is 144 Å². The molecule has 2 aliphatic heterocycles. The van der Waals surface area contributed by atoms with E-state index in [0.717, 1.165) is 57.7 Å². The summed E-state index contributed by atoms with van der Waals surface area (Å²) in [5.41, 5.74) is 0. The fourth-order valence-corrected chi connectivity index (χ4v) is 3.96. The highest BCUT2D eigenvalue weighted by molar-refractivity contribution is 5.91. The lowest BCUT2D eigenvalue weighted by molar-refractivity contribution is -0.0729. The van der Waals surface area contributed by atoms with Crippen molar-refractivity contribution in [2.24, 2.45) is 5.92 Å². The average molecular weight is 334 g/mol. The summed E-state index contributed by atoms with van der Waals surface area (Å²) in [6.07, 6.45) is 3.62. The molecule has 0 saturated carbocycles. The van der Waals surface area contributed by atoms with Crippen LogP contribution in [0.25, 0.3) is 0 Å². The van der Waals surface area contributed by atoms with Crippen LogP contribution in [0.4, 0.5) is 0 Å². The molecule has 2 atom stereocenters. The monoisotopic (exact) mass is 334 g/mol. The van der Waals surface area contributed by atoms with Crippen molar-refractivity contribution in [1.82, 2.24) is 9.80 Å². The molecular formula is C19H30N2O3. The number of amides is 1. The number of aryl methyl sites for hydroxylation is 1. The normalized spacial score (nSPS) is 26.7. The molecule has 0 N–H and O–H groups in total. The van der Waals surface area contributed by atoms with E-state index in [4.69, 9.17) is 9.15 Å². The van der Waals surface area contributed by atoms with Gasteiger partial charge in [0.1, 0.15) is 5.76 Å². The number of furan rings is 1. The molecule has 1 amide bonds. The van der Waals surface area contributed by atoms with E-state index in [-0.39, 0.29) is 5.91 Å². The van der Waals surface area contributed by atoms with Gasteiger partial charge in [0, 0.05) is 39.1 Å². The molecule has 2 saturated heterocycles. The van der Waals surface area contributed by atoms with Crippen LogP contribution in [0, 0.1) is 5.92 Å². The highest BCUT2D eigenvalue weighted by atomic mass is 16.5. The molecule has 0 bridgehead atoms. The largest absolute Gasteiger partial charge is 0.456 e. The standard InChI is InChI=1S/C19H30N2O3/c1-4-17-5-6-18(24-17)19(22)21-9-7-16(8-10-21)13-20-11-14(2)23-15(3)12-20/h5-6,14-16H,4,7-13H2,1-3H3. The smallest absolute Gasteiger partial charge is 0.289 e. The minimum absolute atomic E-state index is 0.0433. The quantitative estimate of drug-likeness (QED) is 0.849. The number of hydrogen-bond donors (Lipinski definition) is 0. The first-order valence-electron chi connectivity index (χ1n) is 9.31. The van der Waals surface area contributed by atoms with Crippen molar-refractivity contribution in [2.45, 2.75) is 52.2 Å². The van der Waals surface area contributed by atoms with Gasteiger partial charge in [0.05, 0.1) is 12.2 Å². The van der Waals surface area contributed by atoms with Gasteiger partial charge in [0.2, 0.25) is 0 Å². The van der Waals surface area contributed by atoms with Crippen LogP contribution in [0.1, 0.15) is 49.9 Å². The minimum atomic E-state index is 0.0433. The Morgan fingerprint density at radius 2 is 1.83 bits per heavy atom. The summed E-state index contributed by atoms with van der Waals surface area (Å²) >= 11 is 0. The molecule has 3 rings (SSSR count). The van der Waals surface area contributed by atoms with Crippen molar-refractivity contribution in [3.8, 4) is 0 Å². The first-order chi connectivity index (χ1) is 11.5. The van der Waals surface area contributed by atoms with E-state index < -0.39 is 0 Å². The summed E-state index contributed by atoms with van der Waals surface area (Å²) in [7, 11) is 0. The Hall–Kier alpha value is -1.33. The van der Waals surface area contributed by atoms with Gasteiger partial charge in [-0.15, -0.1) is 0 Å². The number of rotatable bonds is 4. The van der Waals surface area contributed by atoms with Crippen LogP contribution in [0.15, 0.2) is 16.5 Å². The summed E-state index contributed by atoms with van der Waals surface area (Å²) in [4.78, 5) is 17.0. The lowest BCUT2D eigenvalue weighted by atomic mass is 9.95. The topological polar surface area (TPSA) is 45.9 Å². The van der Waals surface area contributed by atoms with Gasteiger partial charge in [-0.3, -0.25) is 9.69 Å². The summed E-state index contributed by atoms with van der Waals surface area (Å²) in [6, 6.07) is 3.71. The van der Waals surface area contributed by atoms with Gasteiger partial charge in [0.25, 0.3) is 5.91 Å². The maximum absolute atomic E-state index is 12.5. The van der Waals surface area contributed by atoms with Gasteiger partial charge in [-0.25, -0.2) is 0 Å². The molecule has 2 fully saturated rings. The molecular weight excluding hydrogens is 304 g/mol. The van der Waals surface area contributed by atoms with E-state index in [1.54, 1.807) is 0 Å². The minimum Gasteiger partial charge on any atom is -0.456 e. The molecule has 0 aliphatic carbocycles. The van der Waals surface area contributed by atoms with Gasteiger partial charge in [0.15, 0.2) is 5.76 Å². The number of morpholine rings is 1. The van der Waals surface area contributed by atoms with Crippen LogP contribution in [0.3, 0.4) is 0 Å². The Bertz CT molecular complexity index is 539. The fourth-order valence-electron chi connectivity index (χ4n) is 3.96. The number of carbonyl (C=O) groups is 1. The lowest BCUT2D eigenvalue weighted by Crippen LogP contribution is -2.48. The Kier molecular flexibility index (Phi) is 5.61. The number of likely N-dealkylation sites (tertiary alicyclic amines) is 1. The summed E-state index contributed by atoms with van der Waals surface area (Å²) in [5, 5.41) is 0. The predicted molar refractivity (Wildman–Crippen MR) is 93.2 cm³/mol. The van der Waals surface area contributed by atoms with Gasteiger partial charge < -0.3 is 14.1 Å². The second-order valence-corrected chi connectivity index (χ2v) is 7.33. The Morgan fingerprint density at radius 3 is 2.42 bits per heavy atom. The number of piperidine rings is 1. The number of carbonyl (C=O) groups excluding carboxylic acids is 1. The van der Waals surface area contributed by atoms with E-state index >= 15 is 0 Å². The zero-order valence-electron chi connectivity index (χ0n) is 15.2. The third-order valence-corrected chi connectivity index (χ3v) is 5.13. The van der Waals surface area contributed by atoms with E-state index in [1.165, 1.54) is 0 Å². The first-order valence-corrected chi connectivity index (χ1v) is 9.31. The van der Waals surface area contributed by atoms with E-state index in [2.05, 4.69) is 18.7 Å².